The smallest absolute Gasteiger partial charge is 0.351 e. The summed E-state index contributed by atoms with van der Waals surface area (Å²) in [6.07, 6.45) is -4.57. The number of nitrogens with zero attached hydrogens (tertiary/aromatic N) is 1. The normalized spacial score (nSPS) is 12.5. The number of para-hydroxylation sites is 1. The molecule has 150 valence electrons. The topological polar surface area (TPSA) is 61.4 Å². The number of likely N-dealkylation sites (N-methyl/N-ethyl adjacent to an activating group) is 1. The number of carbonyl (C=O) groups excluding carboxylic acids is 2. The Hall–Kier alpha value is -2.87. The molecule has 0 aromatic heterocycles. The standard InChI is InChI=1S/C20H22F3N3O2/c1-14(19(28)24-12-15-8-4-3-5-9-15)26(2)13-18(27)25-17-11-7-6-10-16(17)20(21,22)23/h3-11,14H,12-13H2,1-2H3,(H,24,28)(H,25,27)/t14-/m1/s1. The molecule has 0 fully saturated rings. The lowest BCUT2D eigenvalue weighted by atomic mass is 10.1. The molecule has 2 aromatic carbocycles. The largest absolute Gasteiger partial charge is 0.418 e. The van der Waals surface area contributed by atoms with Crippen molar-refractivity contribution in [3.8, 4) is 0 Å². The van der Waals surface area contributed by atoms with Crippen LogP contribution >= 0.6 is 0 Å². The van der Waals surface area contributed by atoms with E-state index in [1.165, 1.54) is 23.1 Å². The van der Waals surface area contributed by atoms with E-state index >= 15 is 0 Å². The molecule has 8 heteroatoms. The molecule has 2 N–H and O–H groups in total. The number of benzene rings is 2. The average Bonchev–Trinajstić information content (AvgIpc) is 2.65. The minimum atomic E-state index is -4.57. The highest BCUT2D eigenvalue weighted by Crippen LogP contribution is 2.34. The van der Waals surface area contributed by atoms with Crippen molar-refractivity contribution in [2.75, 3.05) is 18.9 Å². The number of hydrogen-bond donors (Lipinski definition) is 2. The first-order valence-corrected chi connectivity index (χ1v) is 8.66. The molecule has 0 aliphatic rings. The van der Waals surface area contributed by atoms with Crippen molar-refractivity contribution < 1.29 is 22.8 Å². The molecular weight excluding hydrogens is 371 g/mol. The van der Waals surface area contributed by atoms with Crippen LogP contribution in [0.1, 0.15) is 18.1 Å². The van der Waals surface area contributed by atoms with Gasteiger partial charge in [0.2, 0.25) is 11.8 Å². The van der Waals surface area contributed by atoms with Crippen LogP contribution in [0.15, 0.2) is 54.6 Å². The fourth-order valence-corrected chi connectivity index (χ4v) is 2.53. The van der Waals surface area contributed by atoms with Gasteiger partial charge in [-0.1, -0.05) is 42.5 Å². The maximum atomic E-state index is 13.0. The second kappa shape index (κ2) is 9.36. The Labute approximate surface area is 161 Å². The highest BCUT2D eigenvalue weighted by atomic mass is 19.4. The number of alkyl halides is 3. The second-order valence-electron chi connectivity index (χ2n) is 6.39. The first-order valence-electron chi connectivity index (χ1n) is 8.66. The molecule has 2 amide bonds. The Bertz CT molecular complexity index is 810. The summed E-state index contributed by atoms with van der Waals surface area (Å²) >= 11 is 0. The van der Waals surface area contributed by atoms with Gasteiger partial charge in [0.05, 0.1) is 23.8 Å². The molecule has 0 saturated heterocycles. The zero-order chi connectivity index (χ0) is 20.7. The SMILES string of the molecule is C[C@H](C(=O)NCc1ccccc1)N(C)CC(=O)Nc1ccccc1C(F)(F)F. The third kappa shape index (κ3) is 6.09. The van der Waals surface area contributed by atoms with Crippen LogP contribution in [0.25, 0.3) is 0 Å². The number of anilines is 1. The van der Waals surface area contributed by atoms with Gasteiger partial charge in [-0.05, 0) is 31.7 Å². The van der Waals surface area contributed by atoms with Crippen molar-refractivity contribution in [3.05, 3.63) is 65.7 Å². The van der Waals surface area contributed by atoms with Gasteiger partial charge in [-0.15, -0.1) is 0 Å². The van der Waals surface area contributed by atoms with E-state index in [0.717, 1.165) is 11.6 Å². The first-order chi connectivity index (χ1) is 13.2. The van der Waals surface area contributed by atoms with Crippen LogP contribution in [0, 0.1) is 0 Å². The lowest BCUT2D eigenvalue weighted by Gasteiger charge is -2.23. The summed E-state index contributed by atoms with van der Waals surface area (Å²) in [5.74, 6) is -0.920. The van der Waals surface area contributed by atoms with Gasteiger partial charge in [-0.2, -0.15) is 13.2 Å². The van der Waals surface area contributed by atoms with E-state index in [2.05, 4.69) is 10.6 Å². The minimum Gasteiger partial charge on any atom is -0.351 e. The van der Waals surface area contributed by atoms with Crippen molar-refractivity contribution in [2.45, 2.75) is 25.7 Å². The summed E-state index contributed by atoms with van der Waals surface area (Å²) in [5, 5.41) is 5.04. The maximum absolute atomic E-state index is 13.0. The highest BCUT2D eigenvalue weighted by Gasteiger charge is 2.33. The fraction of sp³-hybridized carbons (Fsp3) is 0.300. The molecule has 2 aromatic rings. The molecule has 1 atom stereocenters. The van der Waals surface area contributed by atoms with Gasteiger partial charge in [0.15, 0.2) is 0 Å². The van der Waals surface area contributed by atoms with Gasteiger partial charge < -0.3 is 10.6 Å². The number of amides is 2. The number of hydrogen-bond acceptors (Lipinski definition) is 3. The molecule has 0 unspecified atom stereocenters. The van der Waals surface area contributed by atoms with E-state index in [1.807, 2.05) is 30.3 Å². The van der Waals surface area contributed by atoms with E-state index < -0.39 is 23.7 Å². The Kier molecular flexibility index (Phi) is 7.17. The molecular formula is C20H22F3N3O2. The van der Waals surface area contributed by atoms with Gasteiger partial charge in [-0.3, -0.25) is 14.5 Å². The van der Waals surface area contributed by atoms with Crippen LogP contribution in [0.5, 0.6) is 0 Å². The van der Waals surface area contributed by atoms with Crippen molar-refractivity contribution in [2.24, 2.45) is 0 Å². The van der Waals surface area contributed by atoms with Crippen molar-refractivity contribution in [1.82, 2.24) is 10.2 Å². The third-order valence-corrected chi connectivity index (χ3v) is 4.25. The molecule has 0 saturated carbocycles. The number of carbonyl (C=O) groups is 2. The van der Waals surface area contributed by atoms with Crippen molar-refractivity contribution >= 4 is 17.5 Å². The van der Waals surface area contributed by atoms with E-state index in [4.69, 9.17) is 0 Å². The molecule has 0 bridgehead atoms. The summed E-state index contributed by atoms with van der Waals surface area (Å²) in [6.45, 7) is 1.74. The van der Waals surface area contributed by atoms with Gasteiger partial charge in [-0.25, -0.2) is 0 Å². The molecule has 0 heterocycles. The monoisotopic (exact) mass is 393 g/mol. The first kappa shape index (κ1) is 21.4. The second-order valence-corrected chi connectivity index (χ2v) is 6.39. The van der Waals surface area contributed by atoms with Crippen LogP contribution in [-0.4, -0.2) is 36.3 Å². The predicted molar refractivity (Wildman–Crippen MR) is 100 cm³/mol. The predicted octanol–water partition coefficient (Wildman–Crippen LogP) is 3.28. The van der Waals surface area contributed by atoms with Crippen LogP contribution in [0.4, 0.5) is 18.9 Å². The van der Waals surface area contributed by atoms with Gasteiger partial charge in [0, 0.05) is 6.54 Å². The quantitative estimate of drug-likeness (QED) is 0.759. The summed E-state index contributed by atoms with van der Waals surface area (Å²) in [7, 11) is 1.56. The number of rotatable bonds is 7. The van der Waals surface area contributed by atoms with Crippen LogP contribution in [-0.2, 0) is 22.3 Å². The molecule has 0 radical (unpaired) electrons. The minimum absolute atomic E-state index is 0.230. The molecule has 28 heavy (non-hydrogen) atoms. The molecule has 0 aliphatic heterocycles. The van der Waals surface area contributed by atoms with Crippen LogP contribution < -0.4 is 10.6 Å². The Morgan fingerprint density at radius 1 is 1.04 bits per heavy atom. The lowest BCUT2D eigenvalue weighted by molar-refractivity contribution is -0.137. The summed E-state index contributed by atoms with van der Waals surface area (Å²) in [5.41, 5.74) is -0.290. The van der Waals surface area contributed by atoms with E-state index in [1.54, 1.807) is 14.0 Å². The molecule has 0 aliphatic carbocycles. The Morgan fingerprint density at radius 3 is 2.29 bits per heavy atom. The van der Waals surface area contributed by atoms with Crippen molar-refractivity contribution in [1.29, 1.82) is 0 Å². The summed E-state index contributed by atoms with van der Waals surface area (Å²) in [6, 6.07) is 13.5. The summed E-state index contributed by atoms with van der Waals surface area (Å²) < 4.78 is 39.0. The van der Waals surface area contributed by atoms with Crippen LogP contribution in [0.3, 0.4) is 0 Å². The summed E-state index contributed by atoms with van der Waals surface area (Å²) in [4.78, 5) is 25.9. The van der Waals surface area contributed by atoms with E-state index in [9.17, 15) is 22.8 Å². The fourth-order valence-electron chi connectivity index (χ4n) is 2.53. The maximum Gasteiger partial charge on any atom is 0.418 e. The Morgan fingerprint density at radius 2 is 1.64 bits per heavy atom. The zero-order valence-electron chi connectivity index (χ0n) is 15.6. The Balaban J connectivity index is 1.90. The lowest BCUT2D eigenvalue weighted by Crippen LogP contribution is -2.45. The zero-order valence-corrected chi connectivity index (χ0v) is 15.6. The van der Waals surface area contributed by atoms with Crippen molar-refractivity contribution in [3.63, 3.8) is 0 Å². The molecule has 2 rings (SSSR count). The van der Waals surface area contributed by atoms with E-state index in [0.29, 0.717) is 6.54 Å². The third-order valence-electron chi connectivity index (χ3n) is 4.25. The molecule has 0 spiro atoms. The van der Waals surface area contributed by atoms with Gasteiger partial charge in [0.1, 0.15) is 0 Å². The van der Waals surface area contributed by atoms with Gasteiger partial charge >= 0.3 is 6.18 Å². The highest BCUT2D eigenvalue weighted by molar-refractivity contribution is 5.93. The van der Waals surface area contributed by atoms with E-state index in [-0.39, 0.29) is 18.1 Å². The average molecular weight is 393 g/mol. The van der Waals surface area contributed by atoms with Gasteiger partial charge in [0.25, 0.3) is 0 Å². The number of halogens is 3. The molecule has 5 nitrogen and oxygen atoms in total. The number of nitrogens with one attached hydrogen (secondary N) is 2. The van der Waals surface area contributed by atoms with Crippen LogP contribution in [0.2, 0.25) is 0 Å².